The van der Waals surface area contributed by atoms with E-state index in [2.05, 4.69) is 0 Å². The summed E-state index contributed by atoms with van der Waals surface area (Å²) in [6.45, 7) is 0. The second-order valence-corrected chi connectivity index (χ2v) is 4.64. The van der Waals surface area contributed by atoms with Crippen LogP contribution in [0.2, 0.25) is 0 Å². The summed E-state index contributed by atoms with van der Waals surface area (Å²) >= 11 is -1.58. The van der Waals surface area contributed by atoms with E-state index in [9.17, 15) is 14.1 Å². The van der Waals surface area contributed by atoms with Gasteiger partial charge >= 0.3 is 0 Å². The first kappa shape index (κ1) is 10.9. The lowest BCUT2D eigenvalue weighted by atomic mass is 10.2. The van der Waals surface area contributed by atoms with Crippen LogP contribution in [-0.2, 0) is 20.8 Å². The molecular formula is C12H8O3S. The highest BCUT2D eigenvalue weighted by atomic mass is 32.2. The minimum absolute atomic E-state index is 0.0405. The van der Waals surface area contributed by atoms with E-state index in [1.54, 1.807) is 30.3 Å². The molecule has 0 radical (unpaired) electrons. The number of carbonyl (C=O) groups is 2. The zero-order chi connectivity index (χ0) is 11.5. The Morgan fingerprint density at radius 2 is 1.69 bits per heavy atom. The van der Waals surface area contributed by atoms with Gasteiger partial charge in [0.25, 0.3) is 0 Å². The summed E-state index contributed by atoms with van der Waals surface area (Å²) in [7, 11) is 0. The van der Waals surface area contributed by atoms with E-state index in [1.165, 1.54) is 6.08 Å². The number of rotatable bonds is 2. The maximum absolute atomic E-state index is 12.0. The number of hydrogen-bond acceptors (Lipinski definition) is 3. The van der Waals surface area contributed by atoms with Crippen molar-refractivity contribution in [2.45, 2.75) is 4.90 Å². The molecule has 80 valence electrons. The minimum atomic E-state index is -1.58. The second kappa shape index (κ2) is 4.47. The topological polar surface area (TPSA) is 57.2 Å². The molecule has 1 aromatic rings. The molecule has 2 rings (SSSR count). The number of allylic oxidation sites excluding steroid dienone is 4. The van der Waals surface area contributed by atoms with Gasteiger partial charge < -0.3 is 4.55 Å². The van der Waals surface area contributed by atoms with E-state index < -0.39 is 11.2 Å². The van der Waals surface area contributed by atoms with Crippen LogP contribution < -0.4 is 0 Å². The van der Waals surface area contributed by atoms with Crippen LogP contribution in [0.5, 0.6) is 0 Å². The van der Waals surface area contributed by atoms with E-state index in [0.29, 0.717) is 4.90 Å². The van der Waals surface area contributed by atoms with E-state index in [0.717, 1.165) is 12.2 Å². The molecule has 0 aromatic heterocycles. The predicted molar refractivity (Wildman–Crippen MR) is 60.1 cm³/mol. The standard InChI is InChI=1S/C12H8O3S/c13-9-6-7-11(14)12(8-9)16(15)10-4-2-1-3-5-10/h1-8H. The molecule has 16 heavy (non-hydrogen) atoms. The van der Waals surface area contributed by atoms with E-state index >= 15 is 0 Å². The van der Waals surface area contributed by atoms with Crippen molar-refractivity contribution in [2.24, 2.45) is 0 Å². The van der Waals surface area contributed by atoms with E-state index in [-0.39, 0.29) is 16.5 Å². The fourth-order valence-electron chi connectivity index (χ4n) is 1.30. The maximum Gasteiger partial charge on any atom is 0.234 e. The van der Waals surface area contributed by atoms with Crippen LogP contribution in [-0.4, -0.2) is 16.1 Å². The molecule has 3 nitrogen and oxygen atoms in total. The van der Waals surface area contributed by atoms with Crippen LogP contribution in [0, 0.1) is 0 Å². The summed E-state index contributed by atoms with van der Waals surface area (Å²) in [6.07, 6.45) is 3.46. The lowest BCUT2D eigenvalue weighted by Crippen LogP contribution is -2.16. The monoisotopic (exact) mass is 232 g/mol. The lowest BCUT2D eigenvalue weighted by molar-refractivity contribution is -0.114. The van der Waals surface area contributed by atoms with Gasteiger partial charge in [-0.3, -0.25) is 9.59 Å². The Labute approximate surface area is 95.7 Å². The summed E-state index contributed by atoms with van der Waals surface area (Å²) in [5.41, 5.74) is 0. The van der Waals surface area contributed by atoms with Gasteiger partial charge in [0.15, 0.2) is 10.7 Å². The quantitative estimate of drug-likeness (QED) is 0.572. The van der Waals surface area contributed by atoms with Gasteiger partial charge in [-0.15, -0.1) is 0 Å². The Bertz CT molecular complexity index is 488. The van der Waals surface area contributed by atoms with Crippen LogP contribution >= 0.6 is 0 Å². The molecule has 0 fully saturated rings. The van der Waals surface area contributed by atoms with Crippen molar-refractivity contribution >= 4 is 22.7 Å². The average molecular weight is 232 g/mol. The normalized spacial score (nSPS) is 17.2. The molecule has 0 saturated heterocycles. The Morgan fingerprint density at radius 3 is 2.38 bits per heavy atom. The number of benzene rings is 1. The zero-order valence-corrected chi connectivity index (χ0v) is 9.07. The number of carbonyl (C=O) groups excluding carboxylic acids is 2. The highest BCUT2D eigenvalue weighted by molar-refractivity contribution is 7.96. The predicted octanol–water partition coefficient (Wildman–Crippen LogP) is 1.39. The van der Waals surface area contributed by atoms with Crippen molar-refractivity contribution < 1.29 is 14.1 Å². The molecule has 0 aliphatic heterocycles. The molecule has 1 unspecified atom stereocenters. The highest BCUT2D eigenvalue weighted by Gasteiger charge is 2.26. The molecule has 1 atom stereocenters. The molecule has 0 saturated carbocycles. The first-order valence-electron chi connectivity index (χ1n) is 4.63. The van der Waals surface area contributed by atoms with Crippen molar-refractivity contribution in [1.82, 2.24) is 0 Å². The summed E-state index contributed by atoms with van der Waals surface area (Å²) in [6, 6.07) is 8.58. The molecule has 0 bridgehead atoms. The smallest absolute Gasteiger partial charge is 0.234 e. The van der Waals surface area contributed by atoms with Gasteiger partial charge in [0.2, 0.25) is 10.7 Å². The first-order chi connectivity index (χ1) is 7.68. The molecule has 0 N–H and O–H groups in total. The average Bonchev–Trinajstić information content (AvgIpc) is 2.32. The van der Waals surface area contributed by atoms with Gasteiger partial charge in [0, 0.05) is 17.3 Å². The van der Waals surface area contributed by atoms with Crippen LogP contribution in [0.1, 0.15) is 0 Å². The Balaban J connectivity index is 2.32. The summed E-state index contributed by atoms with van der Waals surface area (Å²) in [5, 5.41) is 0. The van der Waals surface area contributed by atoms with Crippen molar-refractivity contribution in [3.63, 3.8) is 0 Å². The van der Waals surface area contributed by atoms with Gasteiger partial charge in [-0.05, 0) is 24.3 Å². The second-order valence-electron chi connectivity index (χ2n) is 3.19. The molecule has 1 aromatic carbocycles. The number of ketones is 2. The third kappa shape index (κ3) is 2.13. The van der Waals surface area contributed by atoms with Gasteiger partial charge in [-0.2, -0.15) is 0 Å². The van der Waals surface area contributed by atoms with Crippen molar-refractivity contribution in [3.05, 3.63) is 53.5 Å². The largest absolute Gasteiger partial charge is 0.606 e. The van der Waals surface area contributed by atoms with Crippen LogP contribution in [0.3, 0.4) is 0 Å². The summed E-state index contributed by atoms with van der Waals surface area (Å²) in [4.78, 5) is 23.1. The van der Waals surface area contributed by atoms with Crippen LogP contribution in [0.25, 0.3) is 0 Å². The first-order valence-corrected chi connectivity index (χ1v) is 5.78. The Morgan fingerprint density at radius 1 is 1.00 bits per heavy atom. The number of hydrogen-bond donors (Lipinski definition) is 0. The molecule has 0 heterocycles. The van der Waals surface area contributed by atoms with Gasteiger partial charge in [0.05, 0.1) is 0 Å². The zero-order valence-electron chi connectivity index (χ0n) is 8.25. The van der Waals surface area contributed by atoms with Gasteiger partial charge in [-0.25, -0.2) is 0 Å². The van der Waals surface area contributed by atoms with Crippen molar-refractivity contribution in [1.29, 1.82) is 0 Å². The molecule has 4 heteroatoms. The SMILES string of the molecule is O=C1C=CC(=O)C([S+]([O-])c2ccccc2)=C1. The third-order valence-corrected chi connectivity index (χ3v) is 3.49. The third-order valence-electron chi connectivity index (χ3n) is 2.07. The molecule has 0 amide bonds. The van der Waals surface area contributed by atoms with Crippen molar-refractivity contribution in [2.75, 3.05) is 0 Å². The molecular weight excluding hydrogens is 224 g/mol. The molecule has 0 spiro atoms. The van der Waals surface area contributed by atoms with Crippen LogP contribution in [0.15, 0.2) is 58.4 Å². The summed E-state index contributed by atoms with van der Waals surface area (Å²) in [5.74, 6) is -0.680. The van der Waals surface area contributed by atoms with E-state index in [4.69, 9.17) is 0 Å². The van der Waals surface area contributed by atoms with Crippen molar-refractivity contribution in [3.8, 4) is 0 Å². The van der Waals surface area contributed by atoms with Gasteiger partial charge in [-0.1, -0.05) is 18.2 Å². The fourth-order valence-corrected chi connectivity index (χ4v) is 2.44. The lowest BCUT2D eigenvalue weighted by Gasteiger charge is -2.12. The Kier molecular flexibility index (Phi) is 3.03. The highest BCUT2D eigenvalue weighted by Crippen LogP contribution is 2.21. The van der Waals surface area contributed by atoms with E-state index in [1.807, 2.05) is 0 Å². The maximum atomic E-state index is 12.0. The van der Waals surface area contributed by atoms with Gasteiger partial charge in [0.1, 0.15) is 0 Å². The molecule has 1 aliphatic rings. The summed E-state index contributed by atoms with van der Waals surface area (Å²) < 4.78 is 12.0. The minimum Gasteiger partial charge on any atom is -0.606 e. The molecule has 1 aliphatic carbocycles. The van der Waals surface area contributed by atoms with Crippen LogP contribution in [0.4, 0.5) is 0 Å². The Hall–Kier alpha value is -1.65. The fraction of sp³-hybridized carbons (Fsp3) is 0.